The Morgan fingerprint density at radius 2 is 2.38 bits per heavy atom. The predicted molar refractivity (Wildman–Crippen MR) is 52.8 cm³/mol. The summed E-state index contributed by atoms with van der Waals surface area (Å²) in [4.78, 5) is 5.13. The van der Waals surface area contributed by atoms with Crippen molar-refractivity contribution in [3.05, 3.63) is 24.0 Å². The Morgan fingerprint density at radius 3 is 3.00 bits per heavy atom. The van der Waals surface area contributed by atoms with Gasteiger partial charge in [-0.1, -0.05) is 0 Å². The lowest BCUT2D eigenvalue weighted by atomic mass is 10.4. The molecule has 0 spiro atoms. The molecule has 0 saturated carbocycles. The van der Waals surface area contributed by atoms with Gasteiger partial charge in [-0.05, 0) is 19.1 Å². The molecule has 1 aromatic heterocycles. The van der Waals surface area contributed by atoms with Gasteiger partial charge in [-0.25, -0.2) is 0 Å². The Bertz CT molecular complexity index is 268. The third kappa shape index (κ3) is 3.76. The van der Waals surface area contributed by atoms with Crippen LogP contribution in [0.4, 0.5) is 0 Å². The zero-order valence-corrected chi connectivity index (χ0v) is 8.29. The minimum Gasteiger partial charge on any atom is -0.394 e. The van der Waals surface area contributed by atoms with Gasteiger partial charge in [0.15, 0.2) is 0 Å². The van der Waals surface area contributed by atoms with E-state index in [9.17, 15) is 0 Å². The average Bonchev–Trinajstić information content (AvgIpc) is 2.14. The van der Waals surface area contributed by atoms with Gasteiger partial charge in [0.05, 0.1) is 12.7 Å². The van der Waals surface area contributed by atoms with Crippen molar-refractivity contribution >= 4 is 11.8 Å². The standard InChI is InChI=1S/C9H13NO2S/c1-7-4-9(2-3-10-7)13-6-8(12)5-11/h2-4,8,11-12H,5-6H2,1H3. The molecule has 2 N–H and O–H groups in total. The molecule has 0 saturated heterocycles. The van der Waals surface area contributed by atoms with Crippen LogP contribution in [0.3, 0.4) is 0 Å². The molecule has 0 aromatic carbocycles. The molecule has 0 radical (unpaired) electrons. The van der Waals surface area contributed by atoms with Crippen LogP contribution in [0.1, 0.15) is 5.69 Å². The number of rotatable bonds is 4. The van der Waals surface area contributed by atoms with Crippen LogP contribution in [0.15, 0.2) is 23.2 Å². The molecule has 1 unspecified atom stereocenters. The Labute approximate surface area is 81.8 Å². The summed E-state index contributed by atoms with van der Waals surface area (Å²) in [6, 6.07) is 3.84. The first-order valence-corrected chi connectivity index (χ1v) is 5.05. The molecule has 0 aliphatic rings. The molecule has 3 nitrogen and oxygen atoms in total. The normalized spacial score (nSPS) is 12.8. The number of hydrogen-bond acceptors (Lipinski definition) is 4. The zero-order chi connectivity index (χ0) is 9.68. The van der Waals surface area contributed by atoms with Gasteiger partial charge in [0.1, 0.15) is 0 Å². The summed E-state index contributed by atoms with van der Waals surface area (Å²) in [5, 5.41) is 17.7. The van der Waals surface area contributed by atoms with E-state index < -0.39 is 6.10 Å². The minimum atomic E-state index is -0.640. The van der Waals surface area contributed by atoms with Crippen LogP contribution in [-0.4, -0.2) is 33.7 Å². The largest absolute Gasteiger partial charge is 0.394 e. The van der Waals surface area contributed by atoms with E-state index in [0.717, 1.165) is 10.6 Å². The lowest BCUT2D eigenvalue weighted by Gasteiger charge is -2.06. The maximum atomic E-state index is 9.10. The second-order valence-electron chi connectivity index (χ2n) is 2.78. The molecule has 13 heavy (non-hydrogen) atoms. The monoisotopic (exact) mass is 199 g/mol. The van der Waals surface area contributed by atoms with Crippen LogP contribution >= 0.6 is 11.8 Å². The van der Waals surface area contributed by atoms with Crippen LogP contribution in [0.5, 0.6) is 0 Å². The number of aliphatic hydroxyl groups excluding tert-OH is 2. The first-order valence-electron chi connectivity index (χ1n) is 4.06. The number of aromatic nitrogens is 1. The van der Waals surface area contributed by atoms with Crippen molar-refractivity contribution in [3.63, 3.8) is 0 Å². The maximum absolute atomic E-state index is 9.10. The van der Waals surface area contributed by atoms with E-state index in [1.54, 1.807) is 6.20 Å². The Kier molecular flexibility index (Phi) is 4.21. The Balaban J connectivity index is 2.45. The quantitative estimate of drug-likeness (QED) is 0.705. The first-order chi connectivity index (χ1) is 6.22. The van der Waals surface area contributed by atoms with Crippen molar-refractivity contribution in [2.75, 3.05) is 12.4 Å². The molecular weight excluding hydrogens is 186 g/mol. The van der Waals surface area contributed by atoms with Crippen LogP contribution in [-0.2, 0) is 0 Å². The molecule has 1 rings (SSSR count). The summed E-state index contributed by atoms with van der Waals surface area (Å²) < 4.78 is 0. The van der Waals surface area contributed by atoms with Crippen molar-refractivity contribution in [1.29, 1.82) is 0 Å². The molecule has 0 aliphatic heterocycles. The van der Waals surface area contributed by atoms with E-state index >= 15 is 0 Å². The Hall–Kier alpha value is -0.580. The van der Waals surface area contributed by atoms with E-state index in [0.29, 0.717) is 5.75 Å². The molecule has 1 aromatic rings. The molecule has 72 valence electrons. The summed E-state index contributed by atoms with van der Waals surface area (Å²) in [6.45, 7) is 1.74. The molecule has 0 fully saturated rings. The van der Waals surface area contributed by atoms with Gasteiger partial charge in [0.25, 0.3) is 0 Å². The highest BCUT2D eigenvalue weighted by Gasteiger charge is 2.02. The molecule has 0 bridgehead atoms. The summed E-state index contributed by atoms with van der Waals surface area (Å²) in [5.41, 5.74) is 0.962. The average molecular weight is 199 g/mol. The van der Waals surface area contributed by atoms with Crippen molar-refractivity contribution in [3.8, 4) is 0 Å². The van der Waals surface area contributed by atoms with Crippen molar-refractivity contribution in [2.24, 2.45) is 0 Å². The zero-order valence-electron chi connectivity index (χ0n) is 7.47. The lowest BCUT2D eigenvalue weighted by molar-refractivity contribution is 0.113. The minimum absolute atomic E-state index is 0.183. The van der Waals surface area contributed by atoms with E-state index in [2.05, 4.69) is 4.98 Å². The SMILES string of the molecule is Cc1cc(SCC(O)CO)ccn1. The van der Waals surface area contributed by atoms with E-state index in [1.807, 2.05) is 19.1 Å². The molecule has 0 amide bonds. The summed E-state index contributed by atoms with van der Waals surface area (Å²) >= 11 is 1.52. The summed E-state index contributed by atoms with van der Waals surface area (Å²) in [6.07, 6.45) is 1.10. The van der Waals surface area contributed by atoms with E-state index in [-0.39, 0.29) is 6.61 Å². The Morgan fingerprint density at radius 1 is 1.62 bits per heavy atom. The van der Waals surface area contributed by atoms with Crippen LogP contribution in [0, 0.1) is 6.92 Å². The van der Waals surface area contributed by atoms with Crippen molar-refractivity contribution < 1.29 is 10.2 Å². The van der Waals surface area contributed by atoms with Gasteiger partial charge >= 0.3 is 0 Å². The number of pyridine rings is 1. The van der Waals surface area contributed by atoms with Crippen LogP contribution < -0.4 is 0 Å². The van der Waals surface area contributed by atoms with E-state index in [1.165, 1.54) is 11.8 Å². The van der Waals surface area contributed by atoms with Crippen LogP contribution in [0.2, 0.25) is 0 Å². The fourth-order valence-corrected chi connectivity index (χ4v) is 1.76. The topological polar surface area (TPSA) is 53.4 Å². The molecule has 1 atom stereocenters. The predicted octanol–water partition coefficient (Wildman–Crippen LogP) is 0.835. The number of thioether (sulfide) groups is 1. The highest BCUT2D eigenvalue weighted by atomic mass is 32.2. The second kappa shape index (κ2) is 5.21. The number of nitrogens with zero attached hydrogens (tertiary/aromatic N) is 1. The van der Waals surface area contributed by atoms with Gasteiger partial charge in [-0.15, -0.1) is 11.8 Å². The van der Waals surface area contributed by atoms with Gasteiger partial charge in [0.2, 0.25) is 0 Å². The summed E-state index contributed by atoms with van der Waals surface area (Å²) in [5.74, 6) is 0.514. The van der Waals surface area contributed by atoms with Gasteiger partial charge in [-0.3, -0.25) is 4.98 Å². The number of hydrogen-bond donors (Lipinski definition) is 2. The number of aliphatic hydroxyl groups is 2. The van der Waals surface area contributed by atoms with Gasteiger partial charge in [0, 0.05) is 22.5 Å². The molecule has 4 heteroatoms. The maximum Gasteiger partial charge on any atom is 0.0864 e. The third-order valence-corrected chi connectivity index (χ3v) is 2.66. The fraction of sp³-hybridized carbons (Fsp3) is 0.444. The van der Waals surface area contributed by atoms with Crippen molar-refractivity contribution in [1.82, 2.24) is 4.98 Å². The molecular formula is C9H13NO2S. The van der Waals surface area contributed by atoms with Gasteiger partial charge in [-0.2, -0.15) is 0 Å². The first kappa shape index (κ1) is 10.5. The summed E-state index contributed by atoms with van der Waals surface area (Å²) in [7, 11) is 0. The third-order valence-electron chi connectivity index (χ3n) is 1.52. The van der Waals surface area contributed by atoms with Gasteiger partial charge < -0.3 is 10.2 Å². The molecule has 0 aliphatic carbocycles. The second-order valence-corrected chi connectivity index (χ2v) is 3.87. The highest BCUT2D eigenvalue weighted by Crippen LogP contribution is 2.18. The smallest absolute Gasteiger partial charge is 0.0864 e. The fourth-order valence-electron chi connectivity index (χ4n) is 0.854. The van der Waals surface area contributed by atoms with Crippen LogP contribution in [0.25, 0.3) is 0 Å². The lowest BCUT2D eigenvalue weighted by Crippen LogP contribution is -2.14. The molecule has 1 heterocycles. The van der Waals surface area contributed by atoms with Crippen molar-refractivity contribution in [2.45, 2.75) is 17.9 Å². The highest BCUT2D eigenvalue weighted by molar-refractivity contribution is 7.99. The number of aryl methyl sites for hydroxylation is 1. The van der Waals surface area contributed by atoms with E-state index in [4.69, 9.17) is 10.2 Å².